The number of hydrogen-bond acceptors (Lipinski definition) is 3. The third-order valence-electron chi connectivity index (χ3n) is 9.71. The van der Waals surface area contributed by atoms with Crippen LogP contribution in [0.3, 0.4) is 0 Å². The molecule has 0 aliphatic carbocycles. The summed E-state index contributed by atoms with van der Waals surface area (Å²) in [7, 11) is 0. The van der Waals surface area contributed by atoms with Crippen molar-refractivity contribution in [2.45, 2.75) is 0 Å². The van der Waals surface area contributed by atoms with Crippen LogP contribution in [-0.4, -0.2) is 19.5 Å². The second-order valence-corrected chi connectivity index (χ2v) is 13.0. The molecule has 0 fully saturated rings. The maximum atomic E-state index is 9.28. The zero-order valence-corrected chi connectivity index (χ0v) is 29.2. The van der Waals surface area contributed by atoms with E-state index < -0.39 is 42.3 Å². The fourth-order valence-electron chi connectivity index (χ4n) is 7.04. The van der Waals surface area contributed by atoms with Crippen LogP contribution in [0, 0.1) is 0 Å². The van der Waals surface area contributed by atoms with Gasteiger partial charge in [0.1, 0.15) is 0 Å². The minimum atomic E-state index is -0.550. The quantitative estimate of drug-likeness (QED) is 0.165. The van der Waals surface area contributed by atoms with Gasteiger partial charge in [-0.25, -0.2) is 4.98 Å². The Balaban J connectivity index is 1.23. The average molecular weight is 712 g/mol. The van der Waals surface area contributed by atoms with Crippen LogP contribution >= 0.6 is 0 Å². The summed E-state index contributed by atoms with van der Waals surface area (Å²) in [5.41, 5.74) is 7.84. The topological polar surface area (TPSA) is 43.6 Å². The molecular weight excluding hydrogens is 669 g/mol. The van der Waals surface area contributed by atoms with E-state index in [1.54, 1.807) is 18.2 Å². The first-order valence-electron chi connectivity index (χ1n) is 22.3. The second kappa shape index (κ2) is 13.8. The minimum absolute atomic E-state index is 0.00313. The van der Waals surface area contributed by atoms with E-state index in [4.69, 9.17) is 25.9 Å². The summed E-state index contributed by atoms with van der Waals surface area (Å²) >= 11 is 0. The van der Waals surface area contributed by atoms with E-state index in [1.807, 2.05) is 103 Å². The van der Waals surface area contributed by atoms with Gasteiger partial charge in [-0.05, 0) is 51.1 Å². The van der Waals surface area contributed by atoms with E-state index in [2.05, 4.69) is 30.3 Å². The Bertz CT molecular complexity index is 3440. The highest BCUT2D eigenvalue weighted by Crippen LogP contribution is 2.38. The molecule has 0 bridgehead atoms. The van der Waals surface area contributed by atoms with Crippen molar-refractivity contribution >= 4 is 21.8 Å². The van der Waals surface area contributed by atoms with E-state index in [-0.39, 0.29) is 57.2 Å². The lowest BCUT2D eigenvalue weighted by Crippen LogP contribution is -2.07. The van der Waals surface area contributed by atoms with Gasteiger partial charge in [-0.3, -0.25) is 4.57 Å². The van der Waals surface area contributed by atoms with Crippen LogP contribution in [0.1, 0.15) is 12.3 Å². The van der Waals surface area contributed by atoms with Gasteiger partial charge in [0.15, 0.2) is 11.6 Å². The van der Waals surface area contributed by atoms with Gasteiger partial charge >= 0.3 is 0 Å². The number of rotatable bonds is 7. The van der Waals surface area contributed by atoms with Crippen molar-refractivity contribution < 1.29 is 12.3 Å². The van der Waals surface area contributed by atoms with Crippen LogP contribution in [0.5, 0.6) is 0 Å². The highest BCUT2D eigenvalue weighted by molar-refractivity contribution is 6.13. The van der Waals surface area contributed by atoms with Crippen molar-refractivity contribution in [2.75, 3.05) is 0 Å². The Kier molecular flexibility index (Phi) is 6.04. The minimum Gasteiger partial charge on any atom is -0.277 e. The lowest BCUT2D eigenvalue weighted by Gasteiger charge is -2.13. The van der Waals surface area contributed by atoms with Gasteiger partial charge in [-0.15, -0.1) is 0 Å². The first kappa shape index (κ1) is 24.0. The van der Waals surface area contributed by atoms with Gasteiger partial charge in [-0.2, -0.15) is 9.97 Å². The van der Waals surface area contributed by atoms with Gasteiger partial charge < -0.3 is 0 Å². The standard InChI is InChI=1S/C51H34N4/c1-4-14-35(15-5-1)37-26-30-40(31-27-37)49-52-50(41-32-28-38(29-33-41)43-21-12-20-42(34-43)36-16-6-2-7-17-36)54-51(53-49)55-47-25-11-10-22-45(47)46-24-13-23-44(48(46)55)39-18-8-3-9-19-39/h1-34H/i3D,8D,9D,10D,11D,18D,19D,22D,25D. The molecule has 10 rings (SSSR count). The van der Waals surface area contributed by atoms with Crippen LogP contribution in [0.15, 0.2) is 206 Å². The Hall–Kier alpha value is -7.43. The molecule has 2 heterocycles. The number of nitrogens with zero attached hydrogens (tertiary/aromatic N) is 4. The molecule has 4 nitrogen and oxygen atoms in total. The third-order valence-corrected chi connectivity index (χ3v) is 9.71. The molecule has 0 aliphatic rings. The SMILES string of the molecule is [2H]c1c([2H])c([2H])c(-c2cccc3c4c([2H])c([2H])c([2H])c([2H])c4n(-c4nc(-c5ccc(-c6ccccc6)cc5)nc(-c5ccc(-c6cccc(-c7ccccc7)c6)cc5)n4)c23)c([2H])c1[2H]. The number of fused-ring (bicyclic) bond motifs is 3. The van der Waals surface area contributed by atoms with Crippen LogP contribution in [-0.2, 0) is 0 Å². The summed E-state index contributed by atoms with van der Waals surface area (Å²) in [6, 6.07) is 44.8. The molecule has 0 radical (unpaired) electrons. The summed E-state index contributed by atoms with van der Waals surface area (Å²) in [4.78, 5) is 15.1. The first-order chi connectivity index (χ1) is 31.0. The number of para-hydroxylation sites is 2. The number of hydrogen-bond donors (Lipinski definition) is 0. The summed E-state index contributed by atoms with van der Waals surface area (Å²) in [5, 5.41) is 0.511. The molecule has 4 heteroatoms. The Morgan fingerprint density at radius 1 is 0.364 bits per heavy atom. The van der Waals surface area contributed by atoms with Gasteiger partial charge in [0, 0.05) is 27.5 Å². The van der Waals surface area contributed by atoms with Crippen LogP contribution < -0.4 is 0 Å². The predicted molar refractivity (Wildman–Crippen MR) is 227 cm³/mol. The van der Waals surface area contributed by atoms with E-state index in [0.717, 1.165) is 33.4 Å². The molecule has 10 aromatic rings. The van der Waals surface area contributed by atoms with Crippen molar-refractivity contribution in [3.8, 4) is 73.2 Å². The summed E-state index contributed by atoms with van der Waals surface area (Å²) < 4.78 is 80.6. The fraction of sp³-hybridized carbons (Fsp3) is 0. The monoisotopic (exact) mass is 711 g/mol. The van der Waals surface area contributed by atoms with Gasteiger partial charge in [0.05, 0.1) is 23.4 Å². The molecule has 8 aromatic carbocycles. The first-order valence-corrected chi connectivity index (χ1v) is 17.8. The van der Waals surface area contributed by atoms with Crippen molar-refractivity contribution in [3.63, 3.8) is 0 Å². The maximum Gasteiger partial charge on any atom is 0.238 e. The Morgan fingerprint density at radius 3 is 1.49 bits per heavy atom. The number of benzene rings is 8. The normalized spacial score (nSPS) is 13.6. The molecule has 0 spiro atoms. The van der Waals surface area contributed by atoms with Crippen LogP contribution in [0.2, 0.25) is 0 Å². The lowest BCUT2D eigenvalue weighted by atomic mass is 9.98. The maximum absolute atomic E-state index is 9.28. The summed E-state index contributed by atoms with van der Waals surface area (Å²) in [6.45, 7) is 0. The molecule has 0 amide bonds. The highest BCUT2D eigenvalue weighted by atomic mass is 15.2. The zero-order valence-electron chi connectivity index (χ0n) is 38.2. The smallest absolute Gasteiger partial charge is 0.238 e. The van der Waals surface area contributed by atoms with Crippen LogP contribution in [0.4, 0.5) is 0 Å². The molecule has 0 saturated carbocycles. The van der Waals surface area contributed by atoms with Crippen molar-refractivity contribution in [2.24, 2.45) is 0 Å². The molecule has 2 aromatic heterocycles. The molecule has 0 atom stereocenters. The predicted octanol–water partition coefficient (Wildman–Crippen LogP) is 13.0. The largest absolute Gasteiger partial charge is 0.277 e. The lowest BCUT2D eigenvalue weighted by molar-refractivity contribution is 0.954. The number of aromatic nitrogens is 4. The fourth-order valence-corrected chi connectivity index (χ4v) is 7.04. The molecule has 0 saturated heterocycles. The van der Waals surface area contributed by atoms with Crippen LogP contribution in [0.25, 0.3) is 95.0 Å². The molecule has 258 valence electrons. The molecule has 0 unspecified atom stereocenters. The summed E-state index contributed by atoms with van der Waals surface area (Å²) in [6.07, 6.45) is 0. The molecule has 0 N–H and O–H groups in total. The Labute approximate surface area is 332 Å². The molecule has 0 aliphatic heterocycles. The molecule has 55 heavy (non-hydrogen) atoms. The molecular formula is C51H34N4. The second-order valence-electron chi connectivity index (χ2n) is 13.0. The van der Waals surface area contributed by atoms with E-state index in [0.29, 0.717) is 16.5 Å². The summed E-state index contributed by atoms with van der Waals surface area (Å²) in [5.74, 6) is 0.542. The van der Waals surface area contributed by atoms with Gasteiger partial charge in [0.2, 0.25) is 5.95 Å². The van der Waals surface area contributed by atoms with Crippen molar-refractivity contribution in [3.05, 3.63) is 206 Å². The Morgan fingerprint density at radius 2 is 0.855 bits per heavy atom. The highest BCUT2D eigenvalue weighted by Gasteiger charge is 2.20. The van der Waals surface area contributed by atoms with Gasteiger partial charge in [-0.1, -0.05) is 194 Å². The van der Waals surface area contributed by atoms with E-state index in [1.165, 1.54) is 4.57 Å². The average Bonchev–Trinajstić information content (AvgIpc) is 3.71. The third kappa shape index (κ3) is 6.06. The van der Waals surface area contributed by atoms with E-state index in [9.17, 15) is 1.37 Å². The van der Waals surface area contributed by atoms with E-state index >= 15 is 0 Å². The van der Waals surface area contributed by atoms with Gasteiger partial charge in [0.25, 0.3) is 0 Å². The van der Waals surface area contributed by atoms with Crippen molar-refractivity contribution in [1.82, 2.24) is 19.5 Å². The van der Waals surface area contributed by atoms with Crippen molar-refractivity contribution in [1.29, 1.82) is 0 Å². The zero-order chi connectivity index (χ0) is 44.4.